The third kappa shape index (κ3) is 4.13. The van der Waals surface area contributed by atoms with Crippen LogP contribution in [0.3, 0.4) is 0 Å². The summed E-state index contributed by atoms with van der Waals surface area (Å²) in [5.41, 5.74) is 1.91. The van der Waals surface area contributed by atoms with Gasteiger partial charge in [0.2, 0.25) is 5.91 Å². The molecule has 2 aromatic rings. The molecule has 1 fully saturated rings. The Hall–Kier alpha value is -1.75. The van der Waals surface area contributed by atoms with Crippen molar-refractivity contribution in [1.82, 2.24) is 10.3 Å². The molecular formula is C17H20N2O2S. The van der Waals surface area contributed by atoms with Crippen LogP contribution in [-0.2, 0) is 11.3 Å². The van der Waals surface area contributed by atoms with Crippen LogP contribution in [0.5, 0.6) is 0 Å². The van der Waals surface area contributed by atoms with E-state index in [1.54, 1.807) is 30.4 Å². The first kappa shape index (κ1) is 15.2. The molecule has 0 unspecified atom stereocenters. The topological polar surface area (TPSA) is 55.1 Å². The average Bonchev–Trinajstić information content (AvgIpc) is 3.24. The lowest BCUT2D eigenvalue weighted by atomic mass is 10.1. The van der Waals surface area contributed by atoms with E-state index in [9.17, 15) is 4.79 Å². The quantitative estimate of drug-likeness (QED) is 0.884. The fraction of sp³-hybridized carbons (Fsp3) is 0.412. The summed E-state index contributed by atoms with van der Waals surface area (Å²) >= 11 is 1.79. The van der Waals surface area contributed by atoms with Gasteiger partial charge in [-0.1, -0.05) is 12.8 Å². The smallest absolute Gasteiger partial charge is 0.230 e. The van der Waals surface area contributed by atoms with E-state index in [4.69, 9.17) is 4.42 Å². The molecule has 3 rings (SSSR count). The van der Waals surface area contributed by atoms with E-state index in [0.717, 1.165) is 16.9 Å². The summed E-state index contributed by atoms with van der Waals surface area (Å²) in [6.07, 6.45) is 10.3. The van der Waals surface area contributed by atoms with Crippen molar-refractivity contribution in [3.63, 3.8) is 0 Å². The summed E-state index contributed by atoms with van der Waals surface area (Å²) in [7, 11) is 0. The molecule has 0 aromatic carbocycles. The second kappa shape index (κ2) is 7.49. The first-order chi connectivity index (χ1) is 10.8. The lowest BCUT2D eigenvalue weighted by Crippen LogP contribution is -2.25. The zero-order valence-corrected chi connectivity index (χ0v) is 13.3. The highest BCUT2D eigenvalue weighted by Crippen LogP contribution is 2.29. The van der Waals surface area contributed by atoms with Gasteiger partial charge in [0.15, 0.2) is 0 Å². The third-order valence-corrected chi connectivity index (χ3v) is 5.21. The summed E-state index contributed by atoms with van der Waals surface area (Å²) in [5.74, 6) is 1.44. The van der Waals surface area contributed by atoms with E-state index in [-0.39, 0.29) is 5.91 Å². The number of hydrogen-bond acceptors (Lipinski definition) is 4. The lowest BCUT2D eigenvalue weighted by Gasteiger charge is -2.09. The molecule has 0 radical (unpaired) electrons. The molecule has 1 amide bonds. The lowest BCUT2D eigenvalue weighted by molar-refractivity contribution is -0.118. The van der Waals surface area contributed by atoms with Crippen molar-refractivity contribution < 1.29 is 9.21 Å². The monoisotopic (exact) mass is 316 g/mol. The van der Waals surface area contributed by atoms with Crippen molar-refractivity contribution in [2.24, 2.45) is 0 Å². The predicted octanol–water partition coefficient (Wildman–Crippen LogP) is 3.63. The Balaban J connectivity index is 1.48. The van der Waals surface area contributed by atoms with Gasteiger partial charge >= 0.3 is 0 Å². The van der Waals surface area contributed by atoms with Gasteiger partial charge in [-0.05, 0) is 36.6 Å². The first-order valence-electron chi connectivity index (χ1n) is 7.67. The predicted molar refractivity (Wildman–Crippen MR) is 88.5 cm³/mol. The van der Waals surface area contributed by atoms with Crippen LogP contribution in [-0.4, -0.2) is 21.9 Å². The number of carbonyl (C=O) groups excluding carboxylic acids is 1. The minimum absolute atomic E-state index is 0.0975. The normalized spacial score (nSPS) is 15.1. The second-order valence-corrected chi connectivity index (χ2v) is 6.84. The fourth-order valence-electron chi connectivity index (χ4n) is 2.66. The van der Waals surface area contributed by atoms with Gasteiger partial charge in [-0.25, -0.2) is 0 Å². The van der Waals surface area contributed by atoms with Gasteiger partial charge in [-0.2, -0.15) is 0 Å². The van der Waals surface area contributed by atoms with Crippen LogP contribution in [0, 0.1) is 0 Å². The summed E-state index contributed by atoms with van der Waals surface area (Å²) in [6.45, 7) is 0.506. The number of nitrogens with one attached hydrogen (secondary N) is 1. The number of nitrogens with zero attached hydrogens (tertiary/aromatic N) is 1. The Labute approximate surface area is 134 Å². The highest BCUT2D eigenvalue weighted by molar-refractivity contribution is 8.00. The largest absolute Gasteiger partial charge is 0.464 e. The average molecular weight is 316 g/mol. The molecule has 1 aliphatic carbocycles. The highest BCUT2D eigenvalue weighted by atomic mass is 32.2. The van der Waals surface area contributed by atoms with Crippen molar-refractivity contribution in [2.75, 3.05) is 5.75 Å². The molecule has 22 heavy (non-hydrogen) atoms. The Morgan fingerprint density at radius 3 is 3.00 bits per heavy atom. The highest BCUT2D eigenvalue weighted by Gasteiger charge is 2.16. The Morgan fingerprint density at radius 2 is 2.23 bits per heavy atom. The van der Waals surface area contributed by atoms with Crippen molar-refractivity contribution in [3.8, 4) is 11.3 Å². The molecule has 1 saturated carbocycles. The number of hydrogen-bond donors (Lipinski definition) is 1. The van der Waals surface area contributed by atoms with Gasteiger partial charge in [0.25, 0.3) is 0 Å². The molecule has 116 valence electrons. The van der Waals surface area contributed by atoms with E-state index in [1.807, 2.05) is 18.2 Å². The van der Waals surface area contributed by atoms with Gasteiger partial charge in [0.05, 0.1) is 12.0 Å². The van der Waals surface area contributed by atoms with Crippen LogP contribution < -0.4 is 5.32 Å². The molecule has 0 saturated heterocycles. The number of rotatable bonds is 6. The van der Waals surface area contributed by atoms with Gasteiger partial charge < -0.3 is 9.73 Å². The molecule has 2 aromatic heterocycles. The maximum Gasteiger partial charge on any atom is 0.230 e. The van der Waals surface area contributed by atoms with Gasteiger partial charge in [0, 0.05) is 29.8 Å². The zero-order valence-electron chi connectivity index (χ0n) is 12.5. The summed E-state index contributed by atoms with van der Waals surface area (Å²) in [5, 5.41) is 3.64. The standard InChI is InChI=1S/C17H20N2O2S/c20-17(12-22-15-4-1-2-5-15)19-10-13-8-14(11-18-9-13)16-6-3-7-21-16/h3,6-9,11,15H,1-2,4-5,10,12H2,(H,19,20). The van der Waals surface area contributed by atoms with E-state index >= 15 is 0 Å². The molecular weight excluding hydrogens is 296 g/mol. The van der Waals surface area contributed by atoms with Crippen molar-refractivity contribution >= 4 is 17.7 Å². The van der Waals surface area contributed by atoms with Crippen molar-refractivity contribution in [1.29, 1.82) is 0 Å². The number of pyridine rings is 1. The van der Waals surface area contributed by atoms with Crippen LogP contribution in [0.1, 0.15) is 31.2 Å². The van der Waals surface area contributed by atoms with Crippen LogP contribution in [0.4, 0.5) is 0 Å². The molecule has 4 nitrogen and oxygen atoms in total. The van der Waals surface area contributed by atoms with Crippen molar-refractivity contribution in [2.45, 2.75) is 37.5 Å². The molecule has 0 atom stereocenters. The minimum atomic E-state index is 0.0975. The maximum absolute atomic E-state index is 11.9. The Kier molecular flexibility index (Phi) is 5.16. The molecule has 0 aliphatic heterocycles. The maximum atomic E-state index is 11.9. The third-order valence-electron chi connectivity index (χ3n) is 3.84. The van der Waals surface area contributed by atoms with Crippen LogP contribution in [0.15, 0.2) is 41.3 Å². The van der Waals surface area contributed by atoms with Crippen molar-refractivity contribution in [3.05, 3.63) is 42.4 Å². The first-order valence-corrected chi connectivity index (χ1v) is 8.72. The number of furan rings is 1. The SMILES string of the molecule is O=C(CSC1CCCC1)NCc1cncc(-c2ccco2)c1. The van der Waals surface area contributed by atoms with Gasteiger partial charge in [0.1, 0.15) is 5.76 Å². The fourth-order valence-corrected chi connectivity index (χ4v) is 3.82. The van der Waals surface area contributed by atoms with Gasteiger partial charge in [-0.15, -0.1) is 11.8 Å². The van der Waals surface area contributed by atoms with Crippen LogP contribution in [0.2, 0.25) is 0 Å². The Bertz CT molecular complexity index is 607. The summed E-state index contributed by atoms with van der Waals surface area (Å²) < 4.78 is 5.36. The zero-order chi connectivity index (χ0) is 15.2. The molecule has 2 heterocycles. The Morgan fingerprint density at radius 1 is 1.36 bits per heavy atom. The molecule has 0 bridgehead atoms. The molecule has 1 N–H and O–H groups in total. The summed E-state index contributed by atoms with van der Waals surface area (Å²) in [4.78, 5) is 16.1. The summed E-state index contributed by atoms with van der Waals surface area (Å²) in [6, 6.07) is 5.75. The number of aromatic nitrogens is 1. The van der Waals surface area contributed by atoms with Gasteiger partial charge in [-0.3, -0.25) is 9.78 Å². The minimum Gasteiger partial charge on any atom is -0.464 e. The molecule has 5 heteroatoms. The van der Waals surface area contributed by atoms with E-state index in [1.165, 1.54) is 25.7 Å². The van der Waals surface area contributed by atoms with Crippen LogP contribution in [0.25, 0.3) is 11.3 Å². The van der Waals surface area contributed by atoms with E-state index in [0.29, 0.717) is 17.5 Å². The van der Waals surface area contributed by atoms with E-state index in [2.05, 4.69) is 10.3 Å². The number of thioether (sulfide) groups is 1. The number of carbonyl (C=O) groups is 1. The molecule has 1 aliphatic rings. The second-order valence-electron chi connectivity index (χ2n) is 5.55. The van der Waals surface area contributed by atoms with E-state index < -0.39 is 0 Å². The number of amides is 1. The molecule has 0 spiro atoms. The van der Waals surface area contributed by atoms with Crippen LogP contribution >= 0.6 is 11.8 Å².